The number of hydrogen-bond donors (Lipinski definition) is 1. The Morgan fingerprint density at radius 2 is 1.85 bits per heavy atom. The summed E-state index contributed by atoms with van der Waals surface area (Å²) < 4.78 is 5.82. The van der Waals surface area contributed by atoms with E-state index < -0.39 is 0 Å². The first-order chi connectivity index (χ1) is 12.5. The normalized spacial score (nSPS) is 17.3. The van der Waals surface area contributed by atoms with Crippen molar-refractivity contribution in [2.24, 2.45) is 4.99 Å². The number of nitrogens with zero attached hydrogens (tertiary/aromatic N) is 2. The van der Waals surface area contributed by atoms with Crippen LogP contribution in [0.25, 0.3) is 10.4 Å². The summed E-state index contributed by atoms with van der Waals surface area (Å²) in [7, 11) is 0. The van der Waals surface area contributed by atoms with Gasteiger partial charge in [0, 0.05) is 39.0 Å². The summed E-state index contributed by atoms with van der Waals surface area (Å²) in [6, 6.07) is 7.95. The number of rotatable bonds is 1. The third-order valence-corrected chi connectivity index (χ3v) is 6.89. The van der Waals surface area contributed by atoms with Gasteiger partial charge in [0.1, 0.15) is 5.54 Å². The molecule has 0 amide bonds. The van der Waals surface area contributed by atoms with Gasteiger partial charge >= 0.3 is 0 Å². The van der Waals surface area contributed by atoms with Crippen molar-refractivity contribution in [2.75, 3.05) is 13.1 Å². The van der Waals surface area contributed by atoms with E-state index in [9.17, 15) is 0 Å². The Labute approximate surface area is 160 Å². The van der Waals surface area contributed by atoms with Crippen LogP contribution >= 0.6 is 22.9 Å². The highest BCUT2D eigenvalue weighted by Crippen LogP contribution is 2.48. The van der Waals surface area contributed by atoms with Crippen molar-refractivity contribution in [1.29, 1.82) is 0 Å². The molecule has 0 radical (unpaired) electrons. The Bertz CT molecular complexity index is 1060. The Morgan fingerprint density at radius 3 is 2.50 bits per heavy atom. The van der Waals surface area contributed by atoms with Gasteiger partial charge in [0.15, 0.2) is 5.76 Å². The second-order valence-electron chi connectivity index (χ2n) is 7.06. The lowest BCUT2D eigenvalue weighted by Crippen LogP contribution is -2.55. The monoisotopic (exact) mass is 383 g/mol. The van der Waals surface area contributed by atoms with Gasteiger partial charge in [-0.3, -0.25) is 4.99 Å². The van der Waals surface area contributed by atoms with E-state index in [2.05, 4.69) is 36.5 Å². The molecule has 2 aliphatic heterocycles. The first-order valence-electron chi connectivity index (χ1n) is 8.64. The molecular formula is C20H18ClN3OS. The number of aryl methyl sites for hydroxylation is 2. The van der Waals surface area contributed by atoms with E-state index in [4.69, 9.17) is 21.1 Å². The molecule has 0 atom stereocenters. The predicted octanol–water partition coefficient (Wildman–Crippen LogP) is 4.63. The molecule has 1 fully saturated rings. The Morgan fingerprint density at radius 1 is 1.12 bits per heavy atom. The minimum absolute atomic E-state index is 0.384. The molecule has 26 heavy (non-hydrogen) atoms. The fourth-order valence-corrected chi connectivity index (χ4v) is 5.16. The maximum Gasteiger partial charge on any atom is 0.175 e. The first-order valence-corrected chi connectivity index (χ1v) is 9.83. The van der Waals surface area contributed by atoms with E-state index in [-0.39, 0.29) is 5.54 Å². The molecular weight excluding hydrogens is 366 g/mol. The molecule has 3 aromatic rings. The summed E-state index contributed by atoms with van der Waals surface area (Å²) in [5.74, 6) is 0.889. The SMILES string of the molecule is Cc1noc2c1-c1sc(C)c(C)c1C(c1ccc(Cl)cc1)=NC21CNC1. The van der Waals surface area contributed by atoms with Crippen LogP contribution in [0, 0.1) is 20.8 Å². The average molecular weight is 384 g/mol. The zero-order chi connectivity index (χ0) is 18.1. The fraction of sp³-hybridized carbons (Fsp3) is 0.300. The lowest BCUT2D eigenvalue weighted by Gasteiger charge is -2.37. The van der Waals surface area contributed by atoms with Gasteiger partial charge in [0.05, 0.1) is 17.0 Å². The lowest BCUT2D eigenvalue weighted by atomic mass is 9.87. The van der Waals surface area contributed by atoms with Gasteiger partial charge in [0.25, 0.3) is 0 Å². The van der Waals surface area contributed by atoms with Crippen LogP contribution in [0.2, 0.25) is 5.02 Å². The minimum atomic E-state index is -0.384. The summed E-state index contributed by atoms with van der Waals surface area (Å²) in [4.78, 5) is 7.78. The molecule has 6 heteroatoms. The summed E-state index contributed by atoms with van der Waals surface area (Å²) in [5.41, 5.74) is 6.24. The molecule has 0 saturated carbocycles. The largest absolute Gasteiger partial charge is 0.358 e. The van der Waals surface area contributed by atoms with Crippen LogP contribution in [0.4, 0.5) is 0 Å². The highest BCUT2D eigenvalue weighted by Gasteiger charge is 2.48. The van der Waals surface area contributed by atoms with E-state index in [1.54, 1.807) is 11.3 Å². The van der Waals surface area contributed by atoms with Crippen molar-refractivity contribution in [3.05, 3.63) is 62.3 Å². The summed E-state index contributed by atoms with van der Waals surface area (Å²) in [5, 5.41) is 8.37. The average Bonchev–Trinajstić information content (AvgIpc) is 3.05. The summed E-state index contributed by atoms with van der Waals surface area (Å²) in [6.07, 6.45) is 0. The molecule has 1 N–H and O–H groups in total. The van der Waals surface area contributed by atoms with Gasteiger partial charge in [-0.1, -0.05) is 28.9 Å². The van der Waals surface area contributed by atoms with E-state index in [0.29, 0.717) is 0 Å². The molecule has 0 unspecified atom stereocenters. The number of aromatic nitrogens is 1. The molecule has 5 rings (SSSR count). The van der Waals surface area contributed by atoms with E-state index in [1.807, 2.05) is 19.1 Å². The molecule has 1 saturated heterocycles. The van der Waals surface area contributed by atoms with Crippen LogP contribution < -0.4 is 5.32 Å². The minimum Gasteiger partial charge on any atom is -0.358 e. The van der Waals surface area contributed by atoms with Crippen molar-refractivity contribution in [3.8, 4) is 10.4 Å². The Kier molecular flexibility index (Phi) is 3.45. The third-order valence-electron chi connectivity index (χ3n) is 5.41. The molecule has 4 heterocycles. The fourth-order valence-electron chi connectivity index (χ4n) is 3.78. The maximum absolute atomic E-state index is 6.12. The number of benzene rings is 1. The molecule has 132 valence electrons. The van der Waals surface area contributed by atoms with Crippen LogP contribution in [0.5, 0.6) is 0 Å². The van der Waals surface area contributed by atoms with Gasteiger partial charge in [-0.15, -0.1) is 11.3 Å². The van der Waals surface area contributed by atoms with E-state index in [1.165, 1.54) is 20.9 Å². The number of hydrogen-bond acceptors (Lipinski definition) is 5. The van der Waals surface area contributed by atoms with Gasteiger partial charge in [-0.2, -0.15) is 0 Å². The second-order valence-corrected chi connectivity index (χ2v) is 8.72. The molecule has 2 aliphatic rings. The van der Waals surface area contributed by atoms with Gasteiger partial charge in [0.2, 0.25) is 0 Å². The Balaban J connectivity index is 1.86. The summed E-state index contributed by atoms with van der Waals surface area (Å²) >= 11 is 7.92. The highest BCUT2D eigenvalue weighted by atomic mass is 35.5. The number of fused-ring (bicyclic) bond motifs is 4. The summed E-state index contributed by atoms with van der Waals surface area (Å²) in [6.45, 7) is 7.88. The molecule has 0 aliphatic carbocycles. The van der Waals surface area contributed by atoms with Crippen molar-refractivity contribution in [1.82, 2.24) is 10.5 Å². The van der Waals surface area contributed by atoms with Crippen LogP contribution in [0.3, 0.4) is 0 Å². The smallest absolute Gasteiger partial charge is 0.175 e. The zero-order valence-electron chi connectivity index (χ0n) is 14.8. The number of nitrogens with one attached hydrogen (secondary N) is 1. The maximum atomic E-state index is 6.12. The van der Waals surface area contributed by atoms with Crippen LogP contribution in [-0.2, 0) is 5.54 Å². The molecule has 1 aromatic carbocycles. The van der Waals surface area contributed by atoms with Crippen molar-refractivity contribution >= 4 is 28.6 Å². The second kappa shape index (κ2) is 5.52. The van der Waals surface area contributed by atoms with Crippen LogP contribution in [0.15, 0.2) is 33.8 Å². The van der Waals surface area contributed by atoms with Crippen molar-refractivity contribution in [3.63, 3.8) is 0 Å². The van der Waals surface area contributed by atoms with Crippen molar-refractivity contribution in [2.45, 2.75) is 26.3 Å². The number of thiophene rings is 1. The lowest BCUT2D eigenvalue weighted by molar-refractivity contribution is 0.218. The zero-order valence-corrected chi connectivity index (χ0v) is 16.4. The van der Waals surface area contributed by atoms with Crippen molar-refractivity contribution < 1.29 is 4.52 Å². The molecule has 0 bridgehead atoms. The topological polar surface area (TPSA) is 50.4 Å². The predicted molar refractivity (Wildman–Crippen MR) is 106 cm³/mol. The standard InChI is InChI=1S/C20H18ClN3OS/c1-10-12(3)26-18-15(10)17(13-4-6-14(21)7-5-13)23-20(8-22-9-20)19-16(18)11(2)24-25-19/h4-7,22H,8-9H2,1-3H3. The third kappa shape index (κ3) is 2.11. The molecule has 4 nitrogen and oxygen atoms in total. The quantitative estimate of drug-likeness (QED) is 0.666. The van der Waals surface area contributed by atoms with Gasteiger partial charge in [-0.05, 0) is 38.5 Å². The molecule has 2 aromatic heterocycles. The first kappa shape index (κ1) is 16.2. The van der Waals surface area contributed by atoms with Crippen LogP contribution in [0.1, 0.15) is 33.0 Å². The van der Waals surface area contributed by atoms with Gasteiger partial charge in [-0.25, -0.2) is 0 Å². The molecule has 1 spiro atoms. The number of halogens is 1. The van der Waals surface area contributed by atoms with E-state index >= 15 is 0 Å². The van der Waals surface area contributed by atoms with E-state index in [0.717, 1.165) is 46.4 Å². The number of aliphatic imine (C=N–C) groups is 1. The van der Waals surface area contributed by atoms with Gasteiger partial charge < -0.3 is 9.84 Å². The highest BCUT2D eigenvalue weighted by molar-refractivity contribution is 7.16. The van der Waals surface area contributed by atoms with Crippen LogP contribution in [-0.4, -0.2) is 24.0 Å². The Hall–Kier alpha value is -1.95.